The summed E-state index contributed by atoms with van der Waals surface area (Å²) in [4.78, 5) is 29.5. The van der Waals surface area contributed by atoms with Crippen molar-refractivity contribution < 1.29 is 22.7 Å². The van der Waals surface area contributed by atoms with E-state index in [1.165, 1.54) is 17.0 Å². The molecule has 0 heterocycles. The lowest BCUT2D eigenvalue weighted by Crippen LogP contribution is -2.54. The second-order valence-corrected chi connectivity index (χ2v) is 12.7. The molecule has 42 heavy (non-hydrogen) atoms. The Hall–Kier alpha value is -3.85. The highest BCUT2D eigenvalue weighted by Crippen LogP contribution is 2.26. The zero-order valence-corrected chi connectivity index (χ0v) is 25.5. The number of ether oxygens (including phenoxy) is 1. The predicted molar refractivity (Wildman–Crippen MR) is 165 cm³/mol. The maximum atomic E-state index is 14.2. The maximum absolute atomic E-state index is 14.2. The molecule has 0 spiro atoms. The Morgan fingerprint density at radius 1 is 0.952 bits per heavy atom. The van der Waals surface area contributed by atoms with Crippen molar-refractivity contribution >= 4 is 27.5 Å². The molecule has 9 heteroatoms. The van der Waals surface area contributed by atoms with Crippen molar-refractivity contribution in [2.75, 3.05) is 18.0 Å². The highest BCUT2D eigenvalue weighted by atomic mass is 32.2. The van der Waals surface area contributed by atoms with Crippen LogP contribution in [0.3, 0.4) is 0 Å². The molecule has 0 radical (unpaired) electrons. The number of carbonyl (C=O) groups excluding carboxylic acids is 2. The average Bonchev–Trinajstić information content (AvgIpc) is 3.01. The molecule has 8 nitrogen and oxygen atoms in total. The van der Waals surface area contributed by atoms with Crippen LogP contribution in [0, 0.1) is 6.92 Å². The van der Waals surface area contributed by atoms with Gasteiger partial charge in [-0.1, -0.05) is 74.2 Å². The largest absolute Gasteiger partial charge is 0.497 e. The average molecular weight is 592 g/mol. The molecule has 3 aromatic carbocycles. The lowest BCUT2D eigenvalue weighted by Gasteiger charge is -2.34. The first-order valence-corrected chi connectivity index (χ1v) is 16.0. The van der Waals surface area contributed by atoms with Gasteiger partial charge >= 0.3 is 0 Å². The van der Waals surface area contributed by atoms with Crippen LogP contribution in [0.1, 0.15) is 56.6 Å². The first-order chi connectivity index (χ1) is 20.2. The zero-order valence-electron chi connectivity index (χ0n) is 24.7. The minimum absolute atomic E-state index is 0.0802. The van der Waals surface area contributed by atoms with E-state index in [2.05, 4.69) is 5.32 Å². The number of sulfonamides is 1. The van der Waals surface area contributed by atoms with Crippen LogP contribution in [0.2, 0.25) is 0 Å². The monoisotopic (exact) mass is 591 g/mol. The molecule has 4 rings (SSSR count). The molecule has 0 aromatic heterocycles. The van der Waals surface area contributed by atoms with Gasteiger partial charge in [-0.25, -0.2) is 8.42 Å². The first kappa shape index (κ1) is 31.1. The number of hydrogen-bond acceptors (Lipinski definition) is 5. The van der Waals surface area contributed by atoms with Crippen molar-refractivity contribution in [3.63, 3.8) is 0 Å². The molecule has 2 amide bonds. The van der Waals surface area contributed by atoms with Gasteiger partial charge in [-0.2, -0.15) is 0 Å². The van der Waals surface area contributed by atoms with E-state index < -0.39 is 28.5 Å². The van der Waals surface area contributed by atoms with E-state index in [9.17, 15) is 18.0 Å². The van der Waals surface area contributed by atoms with Crippen LogP contribution in [-0.4, -0.2) is 50.9 Å². The topological polar surface area (TPSA) is 96.0 Å². The summed E-state index contributed by atoms with van der Waals surface area (Å²) in [5.74, 6) is -0.0514. The number of methoxy groups -OCH3 is 1. The molecule has 1 fully saturated rings. The highest BCUT2D eigenvalue weighted by molar-refractivity contribution is 7.92. The van der Waals surface area contributed by atoms with Gasteiger partial charge in [0.05, 0.1) is 17.7 Å². The lowest BCUT2D eigenvalue weighted by molar-refractivity contribution is -0.140. The SMILES string of the molecule is CCC(C(=O)NC1CCCCC1)N(Cc1cccc(OC)c1)C(=O)CN(c1ccc(C)cc1)S(=O)(=O)c1ccccc1. The van der Waals surface area contributed by atoms with Gasteiger partial charge in [-0.15, -0.1) is 0 Å². The van der Waals surface area contributed by atoms with E-state index in [1.807, 2.05) is 50.2 Å². The van der Waals surface area contributed by atoms with Crippen molar-refractivity contribution in [1.82, 2.24) is 10.2 Å². The molecular weight excluding hydrogens is 550 g/mol. The fraction of sp³-hybridized carbons (Fsp3) is 0.394. The summed E-state index contributed by atoms with van der Waals surface area (Å²) in [5, 5.41) is 3.17. The third-order valence-corrected chi connectivity index (χ3v) is 9.54. The van der Waals surface area contributed by atoms with Crippen LogP contribution in [0.15, 0.2) is 83.8 Å². The summed E-state index contributed by atoms with van der Waals surface area (Å²) in [6.07, 6.45) is 5.51. The molecule has 1 aliphatic carbocycles. The van der Waals surface area contributed by atoms with Crippen molar-refractivity contribution in [3.05, 3.63) is 90.0 Å². The van der Waals surface area contributed by atoms with Gasteiger partial charge < -0.3 is 15.0 Å². The summed E-state index contributed by atoms with van der Waals surface area (Å²) in [6.45, 7) is 3.45. The molecule has 1 N–H and O–H groups in total. The Kier molecular flexibility index (Phi) is 10.6. The number of benzene rings is 3. The van der Waals surface area contributed by atoms with Crippen LogP contribution >= 0.6 is 0 Å². The standard InChI is InChI=1S/C33H41N3O5S/c1-4-31(33(38)34-27-13-7-5-8-14-27)35(23-26-12-11-15-29(22-26)41-3)32(37)24-36(28-20-18-25(2)19-21-28)42(39,40)30-16-9-6-10-17-30/h6,9-12,15-22,27,31H,4-5,7-8,13-14,23-24H2,1-3H3,(H,34,38). The Balaban J connectivity index is 1.70. The van der Waals surface area contributed by atoms with Gasteiger partial charge in [-0.3, -0.25) is 13.9 Å². The molecular formula is C33H41N3O5S. The Morgan fingerprint density at radius 2 is 1.64 bits per heavy atom. The van der Waals surface area contributed by atoms with E-state index in [4.69, 9.17) is 4.74 Å². The van der Waals surface area contributed by atoms with Gasteiger partial charge in [-0.05, 0) is 68.1 Å². The third-order valence-electron chi connectivity index (χ3n) is 7.76. The third kappa shape index (κ3) is 7.70. The minimum atomic E-state index is -4.09. The predicted octanol–water partition coefficient (Wildman–Crippen LogP) is 5.46. The summed E-state index contributed by atoms with van der Waals surface area (Å²) in [6, 6.07) is 21.7. The van der Waals surface area contributed by atoms with Crippen LogP contribution in [0.25, 0.3) is 0 Å². The molecule has 224 valence electrons. The molecule has 0 aliphatic heterocycles. The molecule has 0 saturated heterocycles. The lowest BCUT2D eigenvalue weighted by atomic mass is 9.95. The summed E-state index contributed by atoms with van der Waals surface area (Å²) in [7, 11) is -2.52. The highest BCUT2D eigenvalue weighted by Gasteiger charge is 2.34. The molecule has 1 unspecified atom stereocenters. The minimum Gasteiger partial charge on any atom is -0.497 e. The number of carbonyl (C=O) groups is 2. The number of aryl methyl sites for hydroxylation is 1. The van der Waals surface area contributed by atoms with Crippen LogP contribution in [0.4, 0.5) is 5.69 Å². The fourth-order valence-electron chi connectivity index (χ4n) is 5.39. The molecule has 0 bridgehead atoms. The number of anilines is 1. The van der Waals surface area contributed by atoms with E-state index in [0.717, 1.165) is 47.5 Å². The smallest absolute Gasteiger partial charge is 0.264 e. The van der Waals surface area contributed by atoms with Gasteiger partial charge in [0.2, 0.25) is 11.8 Å². The van der Waals surface area contributed by atoms with E-state index in [1.54, 1.807) is 37.4 Å². The second kappa shape index (κ2) is 14.4. The maximum Gasteiger partial charge on any atom is 0.264 e. The fourth-order valence-corrected chi connectivity index (χ4v) is 6.83. The van der Waals surface area contributed by atoms with Gasteiger partial charge in [0, 0.05) is 12.6 Å². The van der Waals surface area contributed by atoms with E-state index in [0.29, 0.717) is 17.9 Å². The Bertz CT molecular complexity index is 1440. The van der Waals surface area contributed by atoms with Crippen LogP contribution < -0.4 is 14.4 Å². The first-order valence-electron chi connectivity index (χ1n) is 14.6. The molecule has 3 aromatic rings. The van der Waals surface area contributed by atoms with E-state index >= 15 is 0 Å². The van der Waals surface area contributed by atoms with Gasteiger partial charge in [0.15, 0.2) is 0 Å². The van der Waals surface area contributed by atoms with Crippen molar-refractivity contribution in [2.45, 2.75) is 75.9 Å². The van der Waals surface area contributed by atoms with Crippen molar-refractivity contribution in [3.8, 4) is 5.75 Å². The van der Waals surface area contributed by atoms with Gasteiger partial charge in [0.25, 0.3) is 10.0 Å². The van der Waals surface area contributed by atoms with Crippen LogP contribution in [0.5, 0.6) is 5.75 Å². The van der Waals surface area contributed by atoms with Crippen molar-refractivity contribution in [2.24, 2.45) is 0 Å². The second-order valence-electron chi connectivity index (χ2n) is 10.8. The van der Waals surface area contributed by atoms with E-state index in [-0.39, 0.29) is 23.4 Å². The summed E-state index contributed by atoms with van der Waals surface area (Å²) < 4.78 is 34.3. The quantitative estimate of drug-likeness (QED) is 0.302. The Morgan fingerprint density at radius 3 is 2.29 bits per heavy atom. The number of nitrogens with zero attached hydrogens (tertiary/aromatic N) is 2. The molecule has 1 saturated carbocycles. The van der Waals surface area contributed by atoms with Crippen LogP contribution in [-0.2, 0) is 26.2 Å². The van der Waals surface area contributed by atoms with Crippen molar-refractivity contribution in [1.29, 1.82) is 0 Å². The summed E-state index contributed by atoms with van der Waals surface area (Å²) in [5.41, 5.74) is 2.12. The number of rotatable bonds is 12. The van der Waals surface area contributed by atoms with Gasteiger partial charge in [0.1, 0.15) is 18.3 Å². The normalized spacial score (nSPS) is 14.5. The number of hydrogen-bond donors (Lipinski definition) is 1. The zero-order chi connectivity index (χ0) is 30.1. The summed E-state index contributed by atoms with van der Waals surface area (Å²) >= 11 is 0. The number of nitrogens with one attached hydrogen (secondary N) is 1. The molecule has 1 aliphatic rings. The Labute approximate surface area is 249 Å². The molecule has 1 atom stereocenters. The number of amides is 2.